The van der Waals surface area contributed by atoms with E-state index in [0.717, 1.165) is 35.6 Å². The molecule has 2 aromatic rings. The highest BCUT2D eigenvalue weighted by Gasteiger charge is 2.40. The highest BCUT2D eigenvalue weighted by molar-refractivity contribution is 5.95. The predicted molar refractivity (Wildman–Crippen MR) is 74.5 cm³/mol. The van der Waals surface area contributed by atoms with Crippen molar-refractivity contribution in [3.05, 3.63) is 29.8 Å². The number of carbonyl (C=O) groups excluding carboxylic acids is 1. The molecule has 2 aliphatic rings. The molecule has 1 saturated carbocycles. The summed E-state index contributed by atoms with van der Waals surface area (Å²) in [4.78, 5) is 16.5. The predicted octanol–water partition coefficient (Wildman–Crippen LogP) is 1.62. The second-order valence-electron chi connectivity index (χ2n) is 5.90. The topological polar surface area (TPSA) is 67.2 Å². The normalized spacial score (nSPS) is 28.1. The van der Waals surface area contributed by atoms with Crippen molar-refractivity contribution in [2.75, 3.05) is 6.54 Å². The second kappa shape index (κ2) is 4.31. The van der Waals surface area contributed by atoms with Crippen LogP contribution in [0.15, 0.2) is 22.7 Å². The highest BCUT2D eigenvalue weighted by Crippen LogP contribution is 2.31. The number of piperidine rings is 1. The van der Waals surface area contributed by atoms with Gasteiger partial charge in [-0.2, -0.15) is 0 Å². The van der Waals surface area contributed by atoms with Crippen LogP contribution >= 0.6 is 0 Å². The Bertz CT molecular complexity index is 679. The van der Waals surface area contributed by atoms with Crippen molar-refractivity contribution < 1.29 is 9.21 Å². The van der Waals surface area contributed by atoms with Crippen molar-refractivity contribution in [1.82, 2.24) is 15.6 Å². The minimum Gasteiger partial charge on any atom is -0.460 e. The lowest BCUT2D eigenvalue weighted by molar-refractivity contribution is 0.0923. The quantitative estimate of drug-likeness (QED) is 0.871. The number of nitrogens with one attached hydrogen (secondary N) is 2. The number of rotatable bonds is 2. The smallest absolute Gasteiger partial charge is 0.270 e. The summed E-state index contributed by atoms with van der Waals surface area (Å²) in [5.41, 5.74) is 1.18. The molecule has 2 N–H and O–H groups in total. The summed E-state index contributed by atoms with van der Waals surface area (Å²) in [7, 11) is 0. The maximum atomic E-state index is 12.3. The van der Waals surface area contributed by atoms with Crippen molar-refractivity contribution in [2.45, 2.75) is 31.8 Å². The number of hydrogen-bond donors (Lipinski definition) is 2. The molecule has 3 atom stereocenters. The third kappa shape index (κ3) is 1.89. The summed E-state index contributed by atoms with van der Waals surface area (Å²) in [6.07, 6.45) is 3.88. The number of fused-ring (bicyclic) bond motifs is 3. The van der Waals surface area contributed by atoms with Gasteiger partial charge in [0.25, 0.3) is 5.91 Å². The molecule has 1 amide bonds. The van der Waals surface area contributed by atoms with Crippen LogP contribution in [0.25, 0.3) is 11.0 Å². The lowest BCUT2D eigenvalue weighted by Gasteiger charge is -2.23. The number of pyridine rings is 1. The zero-order valence-electron chi connectivity index (χ0n) is 11.3. The fourth-order valence-corrected chi connectivity index (χ4v) is 3.46. The van der Waals surface area contributed by atoms with Crippen LogP contribution in [0, 0.1) is 12.8 Å². The Morgan fingerprint density at radius 2 is 2.35 bits per heavy atom. The van der Waals surface area contributed by atoms with Crippen LogP contribution in [0.2, 0.25) is 0 Å². The largest absolute Gasteiger partial charge is 0.460 e. The Balaban J connectivity index is 1.54. The van der Waals surface area contributed by atoms with E-state index in [0.29, 0.717) is 11.7 Å². The molecule has 2 bridgehead atoms. The maximum absolute atomic E-state index is 12.3. The van der Waals surface area contributed by atoms with Gasteiger partial charge in [-0.1, -0.05) is 0 Å². The lowest BCUT2D eigenvalue weighted by Crippen LogP contribution is -2.48. The van der Waals surface area contributed by atoms with Gasteiger partial charge in [-0.15, -0.1) is 0 Å². The minimum absolute atomic E-state index is 0.0925. The van der Waals surface area contributed by atoms with Crippen molar-refractivity contribution >= 4 is 16.9 Å². The maximum Gasteiger partial charge on any atom is 0.270 e. The van der Waals surface area contributed by atoms with Crippen molar-refractivity contribution in [1.29, 1.82) is 0 Å². The fourth-order valence-electron chi connectivity index (χ4n) is 3.46. The number of amides is 1. The first-order valence-corrected chi connectivity index (χ1v) is 7.09. The van der Waals surface area contributed by atoms with E-state index >= 15 is 0 Å². The van der Waals surface area contributed by atoms with Crippen molar-refractivity contribution in [3.8, 4) is 0 Å². The lowest BCUT2D eigenvalue weighted by atomic mass is 10.1. The molecule has 3 heterocycles. The first-order valence-electron chi connectivity index (χ1n) is 7.09. The van der Waals surface area contributed by atoms with Gasteiger partial charge in [-0.3, -0.25) is 4.79 Å². The van der Waals surface area contributed by atoms with Crippen LogP contribution < -0.4 is 10.6 Å². The van der Waals surface area contributed by atoms with E-state index in [1.54, 1.807) is 12.3 Å². The Hall–Kier alpha value is -1.88. The number of nitrogens with zero attached hydrogens (tertiary/aromatic N) is 1. The van der Waals surface area contributed by atoms with Gasteiger partial charge in [-0.05, 0) is 44.4 Å². The molecule has 0 aromatic carbocycles. The zero-order valence-corrected chi connectivity index (χ0v) is 11.3. The van der Waals surface area contributed by atoms with Gasteiger partial charge in [0.15, 0.2) is 5.58 Å². The van der Waals surface area contributed by atoms with Crippen molar-refractivity contribution in [2.24, 2.45) is 5.92 Å². The van der Waals surface area contributed by atoms with Crippen LogP contribution in [0.5, 0.6) is 0 Å². The molecule has 5 heteroatoms. The van der Waals surface area contributed by atoms with Gasteiger partial charge in [0.2, 0.25) is 0 Å². The Kier molecular flexibility index (Phi) is 2.57. The molecule has 2 fully saturated rings. The van der Waals surface area contributed by atoms with Crippen LogP contribution in [0.4, 0.5) is 0 Å². The Morgan fingerprint density at radius 3 is 3.10 bits per heavy atom. The third-order valence-corrected chi connectivity index (χ3v) is 4.41. The van der Waals surface area contributed by atoms with E-state index in [-0.39, 0.29) is 11.9 Å². The van der Waals surface area contributed by atoms with Crippen LogP contribution in [-0.2, 0) is 0 Å². The average Bonchev–Trinajstić information content (AvgIpc) is 3.10. The zero-order chi connectivity index (χ0) is 13.7. The third-order valence-electron chi connectivity index (χ3n) is 4.41. The summed E-state index contributed by atoms with van der Waals surface area (Å²) in [5, 5.41) is 7.47. The first kappa shape index (κ1) is 11.9. The first-order chi connectivity index (χ1) is 9.69. The summed E-state index contributed by atoms with van der Waals surface area (Å²) < 4.78 is 5.47. The standard InChI is InChI=1S/C15H17N3O2/c1-8-2-10-5-13(17-7-14(10)20-8)15(19)18-12-4-9-3-11(12)16-6-9/h2,5,7,9,11-12,16H,3-4,6H2,1H3,(H,18,19). The number of carbonyl (C=O) groups is 1. The van der Waals surface area contributed by atoms with Gasteiger partial charge >= 0.3 is 0 Å². The Labute approximate surface area is 116 Å². The molecule has 20 heavy (non-hydrogen) atoms. The van der Waals surface area contributed by atoms with Gasteiger partial charge in [0.1, 0.15) is 11.5 Å². The van der Waals surface area contributed by atoms with Crippen LogP contribution in [-0.4, -0.2) is 29.5 Å². The summed E-state index contributed by atoms with van der Waals surface area (Å²) >= 11 is 0. The highest BCUT2D eigenvalue weighted by atomic mass is 16.3. The summed E-state index contributed by atoms with van der Waals surface area (Å²) in [5.74, 6) is 1.46. The number of aryl methyl sites for hydroxylation is 1. The molecular weight excluding hydrogens is 254 g/mol. The van der Waals surface area contributed by atoms with E-state index in [9.17, 15) is 4.79 Å². The van der Waals surface area contributed by atoms with Crippen LogP contribution in [0.3, 0.4) is 0 Å². The Morgan fingerprint density at radius 1 is 1.45 bits per heavy atom. The second-order valence-corrected chi connectivity index (χ2v) is 5.90. The van der Waals surface area contributed by atoms with E-state index in [1.807, 2.05) is 13.0 Å². The monoisotopic (exact) mass is 271 g/mol. The fraction of sp³-hybridized carbons (Fsp3) is 0.467. The summed E-state index contributed by atoms with van der Waals surface area (Å²) in [6.45, 7) is 2.98. The molecule has 3 unspecified atom stereocenters. The van der Waals surface area contributed by atoms with Crippen molar-refractivity contribution in [3.63, 3.8) is 0 Å². The van der Waals surface area contributed by atoms with Gasteiger partial charge in [-0.25, -0.2) is 4.98 Å². The molecule has 4 rings (SSSR count). The van der Waals surface area contributed by atoms with Gasteiger partial charge < -0.3 is 15.1 Å². The van der Waals surface area contributed by atoms with E-state index in [4.69, 9.17) is 4.42 Å². The molecular formula is C15H17N3O2. The molecule has 1 aliphatic carbocycles. The molecule has 2 aromatic heterocycles. The molecule has 1 aliphatic heterocycles. The minimum atomic E-state index is -0.0925. The van der Waals surface area contributed by atoms with Gasteiger partial charge in [0.05, 0.1) is 6.20 Å². The average molecular weight is 271 g/mol. The molecule has 104 valence electrons. The molecule has 0 spiro atoms. The molecule has 5 nitrogen and oxygen atoms in total. The van der Waals surface area contributed by atoms with E-state index < -0.39 is 0 Å². The number of aromatic nitrogens is 1. The van der Waals surface area contributed by atoms with E-state index in [2.05, 4.69) is 15.6 Å². The van der Waals surface area contributed by atoms with Gasteiger partial charge in [0, 0.05) is 17.5 Å². The number of furan rings is 1. The van der Waals surface area contributed by atoms with Crippen LogP contribution in [0.1, 0.15) is 29.1 Å². The van der Waals surface area contributed by atoms with E-state index in [1.165, 1.54) is 6.42 Å². The number of hydrogen-bond acceptors (Lipinski definition) is 4. The SMILES string of the molecule is Cc1cc2cc(C(=O)NC3CC4CNC3C4)ncc2o1. The summed E-state index contributed by atoms with van der Waals surface area (Å²) in [6, 6.07) is 4.39. The molecule has 0 radical (unpaired) electrons. The molecule has 1 saturated heterocycles.